The summed E-state index contributed by atoms with van der Waals surface area (Å²) in [5.41, 5.74) is 3.32. The van der Waals surface area contributed by atoms with Gasteiger partial charge >= 0.3 is 0 Å². The molecule has 1 N–H and O–H groups in total. The Morgan fingerprint density at radius 2 is 1.77 bits per heavy atom. The third kappa shape index (κ3) is 3.65. The molecule has 1 aromatic heterocycles. The highest BCUT2D eigenvalue weighted by atomic mass is 16.5. The van der Waals surface area contributed by atoms with E-state index in [1.165, 1.54) is 4.90 Å². The summed E-state index contributed by atoms with van der Waals surface area (Å²) in [4.78, 5) is 41.6. The van der Waals surface area contributed by atoms with Crippen LogP contribution in [-0.4, -0.2) is 29.0 Å². The van der Waals surface area contributed by atoms with Crippen molar-refractivity contribution in [3.8, 4) is 5.75 Å². The number of carbonyl (C=O) groups is 2. The number of hydrogen-bond acceptors (Lipinski definition) is 4. The number of aryl methyl sites for hydroxylation is 2. The summed E-state index contributed by atoms with van der Waals surface area (Å²) in [5, 5.41) is 3.44. The highest BCUT2D eigenvalue weighted by Gasteiger charge is 2.35. The van der Waals surface area contributed by atoms with Crippen LogP contribution in [0.15, 0.2) is 83.8 Å². The zero-order valence-corrected chi connectivity index (χ0v) is 18.9. The molecule has 2 aliphatic heterocycles. The maximum Gasteiger partial charge on any atom is 0.264 e. The van der Waals surface area contributed by atoms with E-state index in [-0.39, 0.29) is 23.4 Å². The fraction of sp³-hybridized carbons (Fsp3) is 0.179. The van der Waals surface area contributed by atoms with Gasteiger partial charge in [-0.05, 0) is 35.7 Å². The van der Waals surface area contributed by atoms with E-state index in [1.807, 2.05) is 47.0 Å². The van der Waals surface area contributed by atoms with Crippen LogP contribution in [-0.2, 0) is 24.3 Å². The Labute approximate surface area is 201 Å². The van der Waals surface area contributed by atoms with E-state index in [0.29, 0.717) is 23.4 Å². The average molecular weight is 466 g/mol. The number of rotatable bonds is 4. The Balaban J connectivity index is 1.33. The zero-order valence-electron chi connectivity index (χ0n) is 18.9. The second kappa shape index (κ2) is 8.43. The van der Waals surface area contributed by atoms with Gasteiger partial charge in [-0.3, -0.25) is 14.4 Å². The van der Waals surface area contributed by atoms with E-state index in [2.05, 4.69) is 5.32 Å². The number of pyridine rings is 1. The van der Waals surface area contributed by atoms with Gasteiger partial charge in [-0.2, -0.15) is 0 Å². The molecule has 3 aromatic carbocycles. The van der Waals surface area contributed by atoms with Crippen molar-refractivity contribution in [1.29, 1.82) is 0 Å². The molecule has 35 heavy (non-hydrogen) atoms. The van der Waals surface area contributed by atoms with Crippen LogP contribution < -0.4 is 20.4 Å². The summed E-state index contributed by atoms with van der Waals surface area (Å²) < 4.78 is 7.94. The van der Waals surface area contributed by atoms with Crippen molar-refractivity contribution in [2.45, 2.75) is 25.6 Å². The quantitative estimate of drug-likeness (QED) is 0.502. The van der Waals surface area contributed by atoms with Crippen molar-refractivity contribution < 1.29 is 14.3 Å². The number of benzene rings is 3. The van der Waals surface area contributed by atoms with Crippen LogP contribution in [0.25, 0.3) is 10.9 Å². The number of carbonyl (C=O) groups excluding carboxylic acids is 2. The molecule has 174 valence electrons. The Hall–Kier alpha value is -4.39. The number of hydrogen-bond donors (Lipinski definition) is 1. The summed E-state index contributed by atoms with van der Waals surface area (Å²) in [5.74, 6) is -0.325. The summed E-state index contributed by atoms with van der Waals surface area (Å²) >= 11 is 0. The van der Waals surface area contributed by atoms with E-state index in [4.69, 9.17) is 4.74 Å². The van der Waals surface area contributed by atoms with Crippen molar-refractivity contribution >= 4 is 28.4 Å². The fourth-order valence-electron chi connectivity index (χ4n) is 4.92. The Morgan fingerprint density at radius 1 is 0.971 bits per heavy atom. The van der Waals surface area contributed by atoms with E-state index >= 15 is 0 Å². The predicted octanol–water partition coefficient (Wildman–Crippen LogP) is 3.28. The van der Waals surface area contributed by atoms with Crippen LogP contribution in [0.1, 0.15) is 21.5 Å². The SMILES string of the molecule is O=C(NCc1ccccc1)[C@@H]1CN(C(=O)c2cn3c4c(cccc4c2=O)CC3)c2ccccc2O1. The average Bonchev–Trinajstić information content (AvgIpc) is 3.32. The minimum Gasteiger partial charge on any atom is -0.477 e. The van der Waals surface area contributed by atoms with Crippen molar-refractivity contribution in [1.82, 2.24) is 9.88 Å². The van der Waals surface area contributed by atoms with Gasteiger partial charge in [0.25, 0.3) is 11.8 Å². The summed E-state index contributed by atoms with van der Waals surface area (Å²) in [6.45, 7) is 1.08. The molecule has 6 rings (SSSR count). The number of nitrogens with one attached hydrogen (secondary N) is 1. The van der Waals surface area contributed by atoms with Gasteiger partial charge in [0, 0.05) is 24.7 Å². The molecule has 0 saturated heterocycles. The summed E-state index contributed by atoms with van der Waals surface area (Å²) in [6.07, 6.45) is 1.59. The largest absolute Gasteiger partial charge is 0.477 e. The molecule has 7 heteroatoms. The van der Waals surface area contributed by atoms with Gasteiger partial charge in [-0.15, -0.1) is 0 Å². The number of para-hydroxylation sites is 3. The molecule has 7 nitrogen and oxygen atoms in total. The third-order valence-corrected chi connectivity index (χ3v) is 6.65. The van der Waals surface area contributed by atoms with Crippen LogP contribution in [0.2, 0.25) is 0 Å². The van der Waals surface area contributed by atoms with Crippen molar-refractivity contribution in [2.24, 2.45) is 0 Å². The Morgan fingerprint density at radius 3 is 2.63 bits per heavy atom. The number of ether oxygens (including phenoxy) is 1. The van der Waals surface area contributed by atoms with E-state index < -0.39 is 12.0 Å². The maximum atomic E-state index is 13.8. The van der Waals surface area contributed by atoms with Crippen LogP contribution in [0.3, 0.4) is 0 Å². The second-order valence-electron chi connectivity index (χ2n) is 8.82. The van der Waals surface area contributed by atoms with Gasteiger partial charge in [0.05, 0.1) is 17.7 Å². The van der Waals surface area contributed by atoms with Gasteiger partial charge in [0.1, 0.15) is 11.3 Å². The minimum absolute atomic E-state index is 0.00792. The molecule has 2 aliphatic rings. The Kier molecular flexibility index (Phi) is 5.10. The topological polar surface area (TPSA) is 80.6 Å². The smallest absolute Gasteiger partial charge is 0.264 e. The van der Waals surface area contributed by atoms with Crippen molar-refractivity contribution in [2.75, 3.05) is 11.4 Å². The van der Waals surface area contributed by atoms with Gasteiger partial charge < -0.3 is 19.5 Å². The van der Waals surface area contributed by atoms with Gasteiger partial charge in [-0.1, -0.05) is 54.6 Å². The normalized spacial score (nSPS) is 16.0. The summed E-state index contributed by atoms with van der Waals surface area (Å²) in [6, 6.07) is 22.3. The molecule has 0 unspecified atom stereocenters. The number of anilines is 1. The highest BCUT2D eigenvalue weighted by Crippen LogP contribution is 2.34. The number of fused-ring (bicyclic) bond motifs is 1. The standard InChI is InChI=1S/C28H23N3O4/c32-26-20-10-6-9-19-13-14-30(25(19)20)16-21(26)28(34)31-17-24(35-23-12-5-4-11-22(23)31)27(33)29-15-18-7-2-1-3-8-18/h1-12,16,24H,13-15,17H2,(H,29,33)/t24-/m0/s1. The monoisotopic (exact) mass is 465 g/mol. The summed E-state index contributed by atoms with van der Waals surface area (Å²) in [7, 11) is 0. The molecule has 2 amide bonds. The van der Waals surface area contributed by atoms with Gasteiger partial charge in [0.15, 0.2) is 6.10 Å². The first kappa shape index (κ1) is 21.2. The van der Waals surface area contributed by atoms with Crippen LogP contribution in [0, 0.1) is 0 Å². The Bertz CT molecular complexity index is 1530. The molecule has 0 aliphatic carbocycles. The van der Waals surface area contributed by atoms with E-state index in [9.17, 15) is 14.4 Å². The van der Waals surface area contributed by atoms with Crippen LogP contribution >= 0.6 is 0 Å². The van der Waals surface area contributed by atoms with Gasteiger partial charge in [0.2, 0.25) is 5.43 Å². The lowest BCUT2D eigenvalue weighted by molar-refractivity contribution is -0.127. The van der Waals surface area contributed by atoms with Crippen LogP contribution in [0.5, 0.6) is 5.75 Å². The first-order valence-corrected chi connectivity index (χ1v) is 11.6. The number of amides is 2. The molecule has 0 fully saturated rings. The first-order valence-electron chi connectivity index (χ1n) is 11.6. The molecule has 3 heterocycles. The molecular weight excluding hydrogens is 442 g/mol. The van der Waals surface area contributed by atoms with E-state index in [1.54, 1.807) is 36.5 Å². The molecule has 0 radical (unpaired) electrons. The first-order chi connectivity index (χ1) is 17.1. The van der Waals surface area contributed by atoms with Crippen molar-refractivity contribution in [3.63, 3.8) is 0 Å². The van der Waals surface area contributed by atoms with Crippen LogP contribution in [0.4, 0.5) is 5.69 Å². The molecular formula is C28H23N3O4. The number of aromatic nitrogens is 1. The molecule has 0 spiro atoms. The van der Waals surface area contributed by atoms with E-state index in [0.717, 1.165) is 29.6 Å². The lowest BCUT2D eigenvalue weighted by Crippen LogP contribution is -2.51. The lowest BCUT2D eigenvalue weighted by Gasteiger charge is -2.34. The maximum absolute atomic E-state index is 13.8. The van der Waals surface area contributed by atoms with Crippen molar-refractivity contribution in [3.05, 3.63) is 106 Å². The van der Waals surface area contributed by atoms with Gasteiger partial charge in [-0.25, -0.2) is 0 Å². The molecule has 4 aromatic rings. The fourth-order valence-corrected chi connectivity index (χ4v) is 4.92. The highest BCUT2D eigenvalue weighted by molar-refractivity contribution is 6.09. The molecule has 0 bridgehead atoms. The minimum atomic E-state index is -0.900. The zero-order chi connectivity index (χ0) is 23.9. The second-order valence-corrected chi connectivity index (χ2v) is 8.82. The lowest BCUT2D eigenvalue weighted by atomic mass is 10.1. The third-order valence-electron chi connectivity index (χ3n) is 6.65. The molecule has 0 saturated carbocycles. The molecule has 1 atom stereocenters. The number of nitrogens with zero attached hydrogens (tertiary/aromatic N) is 2. The predicted molar refractivity (Wildman–Crippen MR) is 133 cm³/mol.